The zero-order valence-electron chi connectivity index (χ0n) is 15.6. The Labute approximate surface area is 162 Å². The van der Waals surface area contributed by atoms with Crippen molar-refractivity contribution in [2.45, 2.75) is 13.2 Å². The second kappa shape index (κ2) is 8.04. The van der Waals surface area contributed by atoms with Gasteiger partial charge in [0.1, 0.15) is 30.5 Å². The molecule has 0 radical (unpaired) electrons. The van der Waals surface area contributed by atoms with E-state index in [1.807, 2.05) is 42.5 Å². The number of carbonyl (C=O) groups is 1. The van der Waals surface area contributed by atoms with E-state index in [2.05, 4.69) is 10.2 Å². The first-order chi connectivity index (χ1) is 13.7. The van der Waals surface area contributed by atoms with Crippen molar-refractivity contribution >= 4 is 5.91 Å². The van der Waals surface area contributed by atoms with Crippen LogP contribution in [-0.2, 0) is 13.2 Å². The number of fused-ring (bicyclic) bond motifs is 1. The minimum atomic E-state index is -0.135. The summed E-state index contributed by atoms with van der Waals surface area (Å²) in [6.07, 6.45) is 0. The van der Waals surface area contributed by atoms with Gasteiger partial charge in [0.05, 0.1) is 19.3 Å². The lowest BCUT2D eigenvalue weighted by Crippen LogP contribution is -2.32. The summed E-state index contributed by atoms with van der Waals surface area (Å²) in [6, 6.07) is 16.8. The lowest BCUT2D eigenvalue weighted by Gasteiger charge is -2.18. The van der Waals surface area contributed by atoms with Gasteiger partial charge in [0.25, 0.3) is 5.91 Å². The van der Waals surface area contributed by atoms with Gasteiger partial charge in [-0.05, 0) is 24.3 Å². The molecule has 28 heavy (non-hydrogen) atoms. The van der Waals surface area contributed by atoms with Crippen LogP contribution >= 0.6 is 0 Å². The Morgan fingerprint density at radius 2 is 2.04 bits per heavy atom. The van der Waals surface area contributed by atoms with Gasteiger partial charge in [-0.2, -0.15) is 5.10 Å². The summed E-state index contributed by atoms with van der Waals surface area (Å²) in [6.45, 7) is 1.74. The molecule has 1 amide bonds. The largest absolute Gasteiger partial charge is 0.497 e. The fourth-order valence-corrected chi connectivity index (χ4v) is 3.06. The number of aromatic amines is 1. The lowest BCUT2D eigenvalue weighted by molar-refractivity contribution is 0.0727. The van der Waals surface area contributed by atoms with E-state index in [0.717, 1.165) is 22.8 Å². The summed E-state index contributed by atoms with van der Waals surface area (Å²) in [5.74, 6) is 2.10. The molecule has 1 aromatic heterocycles. The summed E-state index contributed by atoms with van der Waals surface area (Å²) in [5, 5.41) is 7.04. The van der Waals surface area contributed by atoms with Crippen molar-refractivity contribution in [3.05, 3.63) is 71.5 Å². The number of hydrogen-bond acceptors (Lipinski definition) is 5. The second-order valence-corrected chi connectivity index (χ2v) is 6.43. The number of H-pyrrole nitrogens is 1. The summed E-state index contributed by atoms with van der Waals surface area (Å²) in [5.41, 5.74) is 2.08. The molecule has 0 spiro atoms. The molecule has 7 nitrogen and oxygen atoms in total. The van der Waals surface area contributed by atoms with Crippen LogP contribution in [0.5, 0.6) is 17.2 Å². The highest BCUT2D eigenvalue weighted by atomic mass is 16.5. The molecule has 0 atom stereocenters. The molecule has 0 fully saturated rings. The van der Waals surface area contributed by atoms with Crippen molar-refractivity contribution in [2.24, 2.45) is 0 Å². The molecule has 1 N–H and O–H groups in total. The SMILES string of the molecule is COc1cccc(OCc2cc(C(=O)N3CCOc4ccccc4C3)n[nH]2)c1. The molecule has 3 aromatic rings. The summed E-state index contributed by atoms with van der Waals surface area (Å²) in [4.78, 5) is 14.6. The van der Waals surface area contributed by atoms with Crippen LogP contribution in [0.15, 0.2) is 54.6 Å². The van der Waals surface area contributed by atoms with Crippen LogP contribution in [0.1, 0.15) is 21.7 Å². The van der Waals surface area contributed by atoms with Crippen LogP contribution in [0, 0.1) is 0 Å². The van der Waals surface area contributed by atoms with Crippen LogP contribution in [0.3, 0.4) is 0 Å². The first-order valence-electron chi connectivity index (χ1n) is 9.04. The van der Waals surface area contributed by atoms with Gasteiger partial charge in [-0.25, -0.2) is 0 Å². The van der Waals surface area contributed by atoms with Crippen LogP contribution in [0.25, 0.3) is 0 Å². The molecule has 4 rings (SSSR count). The van der Waals surface area contributed by atoms with Crippen molar-refractivity contribution < 1.29 is 19.0 Å². The number of rotatable bonds is 5. The van der Waals surface area contributed by atoms with Crippen molar-refractivity contribution in [3.8, 4) is 17.2 Å². The number of nitrogens with zero attached hydrogens (tertiary/aromatic N) is 2. The average molecular weight is 379 g/mol. The van der Waals surface area contributed by atoms with E-state index < -0.39 is 0 Å². The zero-order chi connectivity index (χ0) is 19.3. The molecule has 1 aliphatic rings. The van der Waals surface area contributed by atoms with E-state index in [4.69, 9.17) is 14.2 Å². The van der Waals surface area contributed by atoms with Crippen LogP contribution in [-0.4, -0.2) is 41.3 Å². The maximum atomic E-state index is 12.9. The Bertz CT molecular complexity index is 970. The Kier molecular flexibility index (Phi) is 5.14. The number of ether oxygens (including phenoxy) is 3. The maximum Gasteiger partial charge on any atom is 0.274 e. The van der Waals surface area contributed by atoms with Crippen molar-refractivity contribution in [1.29, 1.82) is 0 Å². The second-order valence-electron chi connectivity index (χ2n) is 6.43. The van der Waals surface area contributed by atoms with Crippen molar-refractivity contribution in [2.75, 3.05) is 20.3 Å². The topological polar surface area (TPSA) is 76.7 Å². The normalized spacial score (nSPS) is 13.2. The third-order valence-electron chi connectivity index (χ3n) is 4.53. The average Bonchev–Trinajstić information content (AvgIpc) is 3.10. The number of para-hydroxylation sites is 1. The third-order valence-corrected chi connectivity index (χ3v) is 4.53. The molecule has 2 heterocycles. The van der Waals surface area contributed by atoms with Crippen LogP contribution in [0.2, 0.25) is 0 Å². The number of benzene rings is 2. The summed E-state index contributed by atoms with van der Waals surface area (Å²) >= 11 is 0. The highest BCUT2D eigenvalue weighted by molar-refractivity contribution is 5.92. The van der Waals surface area contributed by atoms with Gasteiger partial charge >= 0.3 is 0 Å². The van der Waals surface area contributed by atoms with Gasteiger partial charge in [-0.1, -0.05) is 24.3 Å². The Hall–Kier alpha value is -3.48. The van der Waals surface area contributed by atoms with E-state index in [-0.39, 0.29) is 12.5 Å². The van der Waals surface area contributed by atoms with Gasteiger partial charge in [-0.15, -0.1) is 0 Å². The van der Waals surface area contributed by atoms with Gasteiger partial charge < -0.3 is 19.1 Å². The third kappa shape index (κ3) is 3.93. The summed E-state index contributed by atoms with van der Waals surface area (Å²) in [7, 11) is 1.61. The van der Waals surface area contributed by atoms with Gasteiger partial charge in [0, 0.05) is 18.2 Å². The fourth-order valence-electron chi connectivity index (χ4n) is 3.06. The standard InChI is InChI=1S/C21H21N3O4/c1-26-17-6-4-7-18(12-17)28-14-16-11-19(23-22-16)21(25)24-9-10-27-20-8-3-2-5-15(20)13-24/h2-8,11-12H,9-10,13-14H2,1H3,(H,22,23). The molecule has 0 aliphatic carbocycles. The molecule has 2 aromatic carbocycles. The van der Waals surface area contributed by atoms with Gasteiger partial charge in [-0.3, -0.25) is 9.89 Å². The van der Waals surface area contributed by atoms with Crippen LogP contribution < -0.4 is 14.2 Å². The minimum absolute atomic E-state index is 0.135. The molecular weight excluding hydrogens is 358 g/mol. The number of methoxy groups -OCH3 is 1. The smallest absolute Gasteiger partial charge is 0.274 e. The number of amides is 1. The number of carbonyl (C=O) groups excluding carboxylic acids is 1. The number of aromatic nitrogens is 2. The zero-order valence-corrected chi connectivity index (χ0v) is 15.6. The molecule has 0 unspecified atom stereocenters. The first kappa shape index (κ1) is 17.9. The van der Waals surface area contributed by atoms with E-state index >= 15 is 0 Å². The van der Waals surface area contributed by atoms with Crippen molar-refractivity contribution in [3.63, 3.8) is 0 Å². The van der Waals surface area contributed by atoms with Gasteiger partial charge in [0.2, 0.25) is 0 Å². The monoisotopic (exact) mass is 379 g/mol. The van der Waals surface area contributed by atoms with E-state index in [1.165, 1.54) is 0 Å². The quantitative estimate of drug-likeness (QED) is 0.737. The fraction of sp³-hybridized carbons (Fsp3) is 0.238. The summed E-state index contributed by atoms with van der Waals surface area (Å²) < 4.78 is 16.7. The highest BCUT2D eigenvalue weighted by Gasteiger charge is 2.22. The van der Waals surface area contributed by atoms with E-state index in [1.54, 1.807) is 24.1 Å². The Morgan fingerprint density at radius 1 is 1.18 bits per heavy atom. The number of nitrogens with one attached hydrogen (secondary N) is 1. The van der Waals surface area contributed by atoms with E-state index in [0.29, 0.717) is 31.1 Å². The molecule has 0 saturated carbocycles. The predicted molar refractivity (Wildman–Crippen MR) is 103 cm³/mol. The minimum Gasteiger partial charge on any atom is -0.497 e. The molecular formula is C21H21N3O4. The molecule has 7 heteroatoms. The molecule has 0 bridgehead atoms. The number of hydrogen-bond donors (Lipinski definition) is 1. The predicted octanol–water partition coefficient (Wildman–Crippen LogP) is 3.03. The van der Waals surface area contributed by atoms with Crippen molar-refractivity contribution in [1.82, 2.24) is 15.1 Å². The Balaban J connectivity index is 1.41. The Morgan fingerprint density at radius 3 is 2.93 bits per heavy atom. The molecule has 0 saturated heterocycles. The molecule has 144 valence electrons. The highest BCUT2D eigenvalue weighted by Crippen LogP contribution is 2.23. The van der Waals surface area contributed by atoms with Gasteiger partial charge in [0.15, 0.2) is 5.69 Å². The van der Waals surface area contributed by atoms with E-state index in [9.17, 15) is 4.79 Å². The maximum absolute atomic E-state index is 12.9. The lowest BCUT2D eigenvalue weighted by atomic mass is 10.2. The first-order valence-corrected chi connectivity index (χ1v) is 9.04. The molecule has 1 aliphatic heterocycles. The van der Waals surface area contributed by atoms with Crippen LogP contribution in [0.4, 0.5) is 0 Å².